The Labute approximate surface area is 210 Å². The van der Waals surface area contributed by atoms with Crippen LogP contribution in [0.1, 0.15) is 67.6 Å². The number of carbonyl (C=O) groups excluding carboxylic acids is 1. The lowest BCUT2D eigenvalue weighted by Gasteiger charge is -2.32. The molecule has 0 aliphatic rings. The number of likely N-dealkylation sites (N-methyl/N-ethyl adjacent to an activating group) is 1. The van der Waals surface area contributed by atoms with E-state index in [1.54, 1.807) is 13.2 Å². The molecule has 1 N–H and O–H groups in total. The van der Waals surface area contributed by atoms with Gasteiger partial charge in [0, 0.05) is 12.1 Å². The number of aliphatic hydroxyl groups excluding tert-OH is 1. The maximum atomic E-state index is 12.2. The normalized spacial score (nSPS) is 13.1. The molecule has 0 fully saturated rings. The minimum absolute atomic E-state index is 0.117. The highest BCUT2D eigenvalue weighted by Gasteiger charge is 2.36. The number of carbonyl (C=O) groups is 1. The van der Waals surface area contributed by atoms with E-state index in [9.17, 15) is 15.2 Å². The van der Waals surface area contributed by atoms with Crippen molar-refractivity contribution in [2.75, 3.05) is 27.2 Å². The van der Waals surface area contributed by atoms with E-state index >= 15 is 0 Å². The molecule has 6 nitrogen and oxygen atoms in total. The van der Waals surface area contributed by atoms with E-state index in [0.29, 0.717) is 16.9 Å². The summed E-state index contributed by atoms with van der Waals surface area (Å²) in [6.45, 7) is 9.42. The van der Waals surface area contributed by atoms with Crippen molar-refractivity contribution in [2.45, 2.75) is 65.1 Å². The van der Waals surface area contributed by atoms with Gasteiger partial charge in [-0.05, 0) is 88.0 Å². The van der Waals surface area contributed by atoms with Crippen LogP contribution in [0, 0.1) is 17.2 Å². The van der Waals surface area contributed by atoms with Crippen molar-refractivity contribution in [2.24, 2.45) is 5.92 Å². The Bertz CT molecular complexity index is 1010. The number of esters is 1. The third-order valence-electron chi connectivity index (χ3n) is 6.55. The van der Waals surface area contributed by atoms with Crippen LogP contribution in [0.15, 0.2) is 42.5 Å². The number of methoxy groups -OCH3 is 1. The van der Waals surface area contributed by atoms with E-state index in [1.165, 1.54) is 0 Å². The first-order chi connectivity index (χ1) is 16.7. The van der Waals surface area contributed by atoms with Gasteiger partial charge < -0.3 is 19.5 Å². The summed E-state index contributed by atoms with van der Waals surface area (Å²) in [5.74, 6) is 0.457. The van der Waals surface area contributed by atoms with Crippen molar-refractivity contribution in [1.29, 1.82) is 5.26 Å². The average molecular weight is 481 g/mol. The molecule has 2 aromatic carbocycles. The zero-order valence-corrected chi connectivity index (χ0v) is 22.0. The van der Waals surface area contributed by atoms with Crippen molar-refractivity contribution < 1.29 is 19.4 Å². The SMILES string of the molecule is COc1ccc(C(C#N)(CCCN(C)CCc2cccc(C(=O)OC(C)C)c2)C(C)C)cc1CO. The van der Waals surface area contributed by atoms with Crippen LogP contribution >= 0.6 is 0 Å². The fourth-order valence-corrected chi connectivity index (χ4v) is 4.39. The summed E-state index contributed by atoms with van der Waals surface area (Å²) in [4.78, 5) is 14.4. The first-order valence-electron chi connectivity index (χ1n) is 12.3. The molecule has 0 aliphatic heterocycles. The van der Waals surface area contributed by atoms with Crippen molar-refractivity contribution in [1.82, 2.24) is 4.90 Å². The molecule has 2 aromatic rings. The Hall–Kier alpha value is -2.88. The van der Waals surface area contributed by atoms with E-state index in [0.717, 1.165) is 43.5 Å². The summed E-state index contributed by atoms with van der Waals surface area (Å²) in [6, 6.07) is 15.9. The van der Waals surface area contributed by atoms with Crippen LogP contribution in [0.5, 0.6) is 5.75 Å². The highest BCUT2D eigenvalue weighted by atomic mass is 16.5. The zero-order chi connectivity index (χ0) is 26.0. The molecule has 35 heavy (non-hydrogen) atoms. The number of benzene rings is 2. The molecule has 0 aromatic heterocycles. The van der Waals surface area contributed by atoms with Crippen molar-refractivity contribution in [3.63, 3.8) is 0 Å². The van der Waals surface area contributed by atoms with E-state index in [1.807, 2.05) is 50.2 Å². The molecular formula is C29H40N2O4. The number of rotatable bonds is 13. The Kier molecular flexibility index (Phi) is 10.8. The third-order valence-corrected chi connectivity index (χ3v) is 6.55. The van der Waals surface area contributed by atoms with Gasteiger partial charge in [-0.1, -0.05) is 32.0 Å². The fraction of sp³-hybridized carbons (Fsp3) is 0.517. The largest absolute Gasteiger partial charge is 0.496 e. The molecule has 0 saturated heterocycles. The van der Waals surface area contributed by atoms with Gasteiger partial charge in [0.1, 0.15) is 5.75 Å². The highest BCUT2D eigenvalue weighted by molar-refractivity contribution is 5.89. The third kappa shape index (κ3) is 7.55. The minimum Gasteiger partial charge on any atom is -0.496 e. The zero-order valence-electron chi connectivity index (χ0n) is 22.0. The molecule has 0 aliphatic carbocycles. The van der Waals surface area contributed by atoms with Gasteiger partial charge in [-0.2, -0.15) is 5.26 Å². The molecule has 0 heterocycles. The fourth-order valence-electron chi connectivity index (χ4n) is 4.39. The van der Waals surface area contributed by atoms with Crippen molar-refractivity contribution in [3.05, 3.63) is 64.7 Å². The van der Waals surface area contributed by atoms with Crippen LogP contribution in [0.3, 0.4) is 0 Å². The van der Waals surface area contributed by atoms with Crippen molar-refractivity contribution in [3.8, 4) is 11.8 Å². The van der Waals surface area contributed by atoms with Gasteiger partial charge in [0.25, 0.3) is 0 Å². The van der Waals surface area contributed by atoms with Crippen LogP contribution in [-0.4, -0.2) is 49.3 Å². The van der Waals surface area contributed by atoms with E-state index in [-0.39, 0.29) is 24.6 Å². The predicted molar refractivity (Wildman–Crippen MR) is 138 cm³/mol. The molecule has 0 bridgehead atoms. The second-order valence-electron chi connectivity index (χ2n) is 9.73. The van der Waals surface area contributed by atoms with Crippen LogP contribution in [0.25, 0.3) is 0 Å². The molecule has 2 rings (SSSR count). The van der Waals surface area contributed by atoms with Gasteiger partial charge in [0.15, 0.2) is 0 Å². The van der Waals surface area contributed by atoms with Gasteiger partial charge in [0.05, 0.1) is 36.9 Å². The highest BCUT2D eigenvalue weighted by Crippen LogP contribution is 2.38. The minimum atomic E-state index is -0.637. The summed E-state index contributed by atoms with van der Waals surface area (Å²) in [5, 5.41) is 20.0. The van der Waals surface area contributed by atoms with Crippen LogP contribution in [0.4, 0.5) is 0 Å². The molecule has 0 saturated carbocycles. The Balaban J connectivity index is 2.00. The number of nitriles is 1. The summed E-state index contributed by atoms with van der Waals surface area (Å²) in [6.07, 6.45) is 2.27. The summed E-state index contributed by atoms with van der Waals surface area (Å²) >= 11 is 0. The first-order valence-corrected chi connectivity index (χ1v) is 12.3. The maximum Gasteiger partial charge on any atom is 0.338 e. The quantitative estimate of drug-likeness (QED) is 0.401. The van der Waals surface area contributed by atoms with Gasteiger partial charge in [-0.25, -0.2) is 4.79 Å². The molecular weight excluding hydrogens is 440 g/mol. The molecule has 6 heteroatoms. The van der Waals surface area contributed by atoms with Crippen LogP contribution in [-0.2, 0) is 23.2 Å². The molecule has 1 atom stereocenters. The first kappa shape index (κ1) is 28.4. The monoisotopic (exact) mass is 480 g/mol. The lowest BCUT2D eigenvalue weighted by Crippen LogP contribution is -2.32. The van der Waals surface area contributed by atoms with Gasteiger partial charge in [0.2, 0.25) is 0 Å². The summed E-state index contributed by atoms with van der Waals surface area (Å²) in [7, 11) is 3.66. The number of hydrogen-bond donors (Lipinski definition) is 1. The number of hydrogen-bond acceptors (Lipinski definition) is 6. The number of aliphatic hydroxyl groups is 1. The van der Waals surface area contributed by atoms with Crippen molar-refractivity contribution >= 4 is 5.97 Å². The van der Waals surface area contributed by atoms with E-state index < -0.39 is 5.41 Å². The summed E-state index contributed by atoms with van der Waals surface area (Å²) in [5.41, 5.74) is 2.66. The molecule has 0 spiro atoms. The topological polar surface area (TPSA) is 82.8 Å². The number of nitrogens with zero attached hydrogens (tertiary/aromatic N) is 2. The summed E-state index contributed by atoms with van der Waals surface area (Å²) < 4.78 is 10.6. The maximum absolute atomic E-state index is 12.2. The molecule has 190 valence electrons. The second-order valence-corrected chi connectivity index (χ2v) is 9.73. The molecule has 0 amide bonds. The van der Waals surface area contributed by atoms with Crippen LogP contribution in [0.2, 0.25) is 0 Å². The lowest BCUT2D eigenvalue weighted by molar-refractivity contribution is 0.0377. The molecule has 1 unspecified atom stereocenters. The van der Waals surface area contributed by atoms with Gasteiger partial charge in [-0.15, -0.1) is 0 Å². The Morgan fingerprint density at radius 3 is 2.49 bits per heavy atom. The van der Waals surface area contributed by atoms with Gasteiger partial charge in [-0.3, -0.25) is 0 Å². The average Bonchev–Trinajstić information content (AvgIpc) is 2.84. The Morgan fingerprint density at radius 2 is 1.89 bits per heavy atom. The Morgan fingerprint density at radius 1 is 1.14 bits per heavy atom. The van der Waals surface area contributed by atoms with Crippen LogP contribution < -0.4 is 4.74 Å². The second kappa shape index (κ2) is 13.3. The smallest absolute Gasteiger partial charge is 0.338 e. The standard InChI is InChI=1S/C29H40N2O4/c1-21(2)29(20-30,26-11-12-27(34-6)25(18-26)19-32)14-8-15-31(5)16-13-23-9-7-10-24(17-23)28(33)35-22(3)4/h7,9-12,17-18,21-22,32H,8,13-16,19H2,1-6H3. The molecule has 0 radical (unpaired) electrons. The predicted octanol–water partition coefficient (Wildman–Crippen LogP) is 5.12. The van der Waals surface area contributed by atoms with Gasteiger partial charge >= 0.3 is 5.97 Å². The van der Waals surface area contributed by atoms with E-state index in [4.69, 9.17) is 9.47 Å². The van der Waals surface area contributed by atoms with E-state index in [2.05, 4.69) is 31.9 Å². The lowest BCUT2D eigenvalue weighted by atomic mass is 9.69. The number of ether oxygens (including phenoxy) is 2.